The molecule has 4 aromatic rings. The molecule has 2 amide bonds. The summed E-state index contributed by atoms with van der Waals surface area (Å²) in [5.41, 5.74) is 4.24. The first-order valence-electron chi connectivity index (χ1n) is 14.4. The molecule has 1 aliphatic rings. The number of para-hydroxylation sites is 1. The van der Waals surface area contributed by atoms with Crippen molar-refractivity contribution in [3.05, 3.63) is 83.6 Å². The van der Waals surface area contributed by atoms with Crippen molar-refractivity contribution in [1.29, 1.82) is 0 Å². The molecule has 0 unspecified atom stereocenters. The van der Waals surface area contributed by atoms with Gasteiger partial charge in [-0.1, -0.05) is 30.3 Å². The third-order valence-corrected chi connectivity index (χ3v) is 7.70. The molecule has 0 bridgehead atoms. The lowest BCUT2D eigenvalue weighted by Crippen LogP contribution is -2.41. The van der Waals surface area contributed by atoms with Gasteiger partial charge in [0, 0.05) is 54.7 Å². The third kappa shape index (κ3) is 6.86. The summed E-state index contributed by atoms with van der Waals surface area (Å²) in [5.74, 6) is 0.856. The van der Waals surface area contributed by atoms with E-state index in [2.05, 4.69) is 39.7 Å². The van der Waals surface area contributed by atoms with E-state index in [-0.39, 0.29) is 24.3 Å². The smallest absolute Gasteiger partial charge is 0.251 e. The predicted molar refractivity (Wildman–Crippen MR) is 167 cm³/mol. The predicted octanol–water partition coefficient (Wildman–Crippen LogP) is 5.47. The van der Waals surface area contributed by atoms with Gasteiger partial charge in [0.1, 0.15) is 17.4 Å². The number of piperidine rings is 1. The SMILES string of the molecule is CNC(=O)c1cccc(NC(=O)Cc2cccc(Nc3ncc4cccc(OC5CCN(C(C)C)CC5)c4n3)c2)c1C. The van der Waals surface area contributed by atoms with E-state index in [1.54, 1.807) is 31.4 Å². The first-order chi connectivity index (χ1) is 20.3. The number of benzene rings is 3. The maximum Gasteiger partial charge on any atom is 0.251 e. The largest absolute Gasteiger partial charge is 0.488 e. The molecule has 1 aliphatic heterocycles. The molecule has 0 aliphatic carbocycles. The van der Waals surface area contributed by atoms with E-state index in [1.165, 1.54) is 0 Å². The Balaban J connectivity index is 1.26. The Bertz CT molecular complexity index is 1580. The van der Waals surface area contributed by atoms with Gasteiger partial charge in [0.2, 0.25) is 11.9 Å². The number of nitrogens with zero attached hydrogens (tertiary/aromatic N) is 3. The molecule has 1 fully saturated rings. The second kappa shape index (κ2) is 13.0. The summed E-state index contributed by atoms with van der Waals surface area (Å²) < 4.78 is 6.44. The zero-order valence-electron chi connectivity index (χ0n) is 24.6. The molecular formula is C33H38N6O3. The summed E-state index contributed by atoms with van der Waals surface area (Å²) in [4.78, 5) is 36.8. The summed E-state index contributed by atoms with van der Waals surface area (Å²) in [6.45, 7) is 8.35. The molecule has 42 heavy (non-hydrogen) atoms. The molecule has 2 heterocycles. The van der Waals surface area contributed by atoms with Gasteiger partial charge in [-0.15, -0.1) is 0 Å². The van der Waals surface area contributed by atoms with Crippen LogP contribution in [0.4, 0.5) is 17.3 Å². The van der Waals surface area contributed by atoms with E-state index in [1.807, 2.05) is 49.4 Å². The van der Waals surface area contributed by atoms with Crippen LogP contribution in [0.2, 0.25) is 0 Å². The molecule has 5 rings (SSSR count). The fourth-order valence-electron chi connectivity index (χ4n) is 5.29. The molecule has 9 nitrogen and oxygen atoms in total. The van der Waals surface area contributed by atoms with Crippen LogP contribution in [0.5, 0.6) is 5.75 Å². The summed E-state index contributed by atoms with van der Waals surface area (Å²) in [7, 11) is 1.58. The molecule has 1 aromatic heterocycles. The number of rotatable bonds is 9. The first-order valence-corrected chi connectivity index (χ1v) is 14.4. The van der Waals surface area contributed by atoms with Gasteiger partial charge in [0.15, 0.2) is 0 Å². The van der Waals surface area contributed by atoms with E-state index in [0.29, 0.717) is 23.2 Å². The van der Waals surface area contributed by atoms with Crippen LogP contribution in [0.3, 0.4) is 0 Å². The third-order valence-electron chi connectivity index (χ3n) is 7.70. The zero-order valence-corrected chi connectivity index (χ0v) is 24.6. The molecular weight excluding hydrogens is 528 g/mol. The van der Waals surface area contributed by atoms with Gasteiger partial charge in [-0.3, -0.25) is 9.59 Å². The van der Waals surface area contributed by atoms with Crippen LogP contribution >= 0.6 is 0 Å². The van der Waals surface area contributed by atoms with Crippen LogP contribution in [0.1, 0.15) is 48.2 Å². The summed E-state index contributed by atoms with van der Waals surface area (Å²) in [6, 6.07) is 19.4. The average Bonchev–Trinajstić information content (AvgIpc) is 2.98. The Kier molecular flexibility index (Phi) is 8.97. The molecule has 1 saturated heterocycles. The highest BCUT2D eigenvalue weighted by atomic mass is 16.5. The molecule has 218 valence electrons. The minimum Gasteiger partial charge on any atom is -0.488 e. The number of likely N-dealkylation sites (tertiary alicyclic amines) is 1. The summed E-state index contributed by atoms with van der Waals surface area (Å²) in [6.07, 6.45) is 4.11. The van der Waals surface area contributed by atoms with Crippen molar-refractivity contribution in [3.63, 3.8) is 0 Å². The number of hydrogen-bond donors (Lipinski definition) is 3. The Morgan fingerprint density at radius 2 is 1.81 bits per heavy atom. The molecule has 3 aromatic carbocycles. The van der Waals surface area contributed by atoms with Crippen LogP contribution in [0.15, 0.2) is 66.9 Å². The lowest BCUT2D eigenvalue weighted by Gasteiger charge is -2.34. The Morgan fingerprint density at radius 1 is 1.05 bits per heavy atom. The van der Waals surface area contributed by atoms with Gasteiger partial charge in [-0.05, 0) is 75.1 Å². The highest BCUT2D eigenvalue weighted by Crippen LogP contribution is 2.28. The van der Waals surface area contributed by atoms with Crippen molar-refractivity contribution >= 4 is 40.0 Å². The highest BCUT2D eigenvalue weighted by Gasteiger charge is 2.23. The fourth-order valence-corrected chi connectivity index (χ4v) is 5.29. The first kappa shape index (κ1) is 29.0. The van der Waals surface area contributed by atoms with Crippen LogP contribution < -0.4 is 20.7 Å². The second-order valence-corrected chi connectivity index (χ2v) is 10.9. The molecule has 0 saturated carbocycles. The number of anilines is 3. The van der Waals surface area contributed by atoms with Crippen LogP contribution in [-0.2, 0) is 11.2 Å². The Morgan fingerprint density at radius 3 is 2.57 bits per heavy atom. The van der Waals surface area contributed by atoms with E-state index < -0.39 is 0 Å². The molecule has 3 N–H and O–H groups in total. The van der Waals surface area contributed by atoms with E-state index in [0.717, 1.165) is 59.4 Å². The number of nitrogens with one attached hydrogen (secondary N) is 3. The highest BCUT2D eigenvalue weighted by molar-refractivity contribution is 5.99. The number of ether oxygens (including phenoxy) is 1. The number of carbonyl (C=O) groups excluding carboxylic acids is 2. The minimum atomic E-state index is -0.191. The number of amides is 2. The summed E-state index contributed by atoms with van der Waals surface area (Å²) >= 11 is 0. The van der Waals surface area contributed by atoms with Crippen molar-refractivity contribution in [1.82, 2.24) is 20.2 Å². The Hall–Kier alpha value is -4.50. The normalized spacial score (nSPS) is 14.1. The van der Waals surface area contributed by atoms with Crippen molar-refractivity contribution < 1.29 is 14.3 Å². The molecule has 0 radical (unpaired) electrons. The van der Waals surface area contributed by atoms with Gasteiger partial charge in [-0.25, -0.2) is 9.97 Å². The maximum absolute atomic E-state index is 12.9. The minimum absolute atomic E-state index is 0.162. The molecule has 0 atom stereocenters. The Labute approximate surface area is 246 Å². The monoisotopic (exact) mass is 566 g/mol. The van der Waals surface area contributed by atoms with Crippen LogP contribution in [0.25, 0.3) is 10.9 Å². The zero-order chi connectivity index (χ0) is 29.6. The van der Waals surface area contributed by atoms with Crippen molar-refractivity contribution in [2.45, 2.75) is 52.2 Å². The maximum atomic E-state index is 12.9. The quantitative estimate of drug-likeness (QED) is 0.246. The van der Waals surface area contributed by atoms with E-state index >= 15 is 0 Å². The van der Waals surface area contributed by atoms with Crippen molar-refractivity contribution in [2.24, 2.45) is 0 Å². The number of carbonyl (C=O) groups is 2. The van der Waals surface area contributed by atoms with Crippen LogP contribution in [-0.4, -0.2) is 59.0 Å². The van der Waals surface area contributed by atoms with Gasteiger partial charge < -0.3 is 25.6 Å². The van der Waals surface area contributed by atoms with Crippen molar-refractivity contribution in [2.75, 3.05) is 30.8 Å². The van der Waals surface area contributed by atoms with E-state index in [4.69, 9.17) is 9.72 Å². The van der Waals surface area contributed by atoms with Gasteiger partial charge in [0.05, 0.1) is 6.42 Å². The number of hydrogen-bond acceptors (Lipinski definition) is 7. The van der Waals surface area contributed by atoms with E-state index in [9.17, 15) is 9.59 Å². The molecule has 9 heteroatoms. The molecule has 0 spiro atoms. The lowest BCUT2D eigenvalue weighted by molar-refractivity contribution is -0.115. The van der Waals surface area contributed by atoms with Crippen molar-refractivity contribution in [3.8, 4) is 5.75 Å². The fraction of sp³-hybridized carbons (Fsp3) is 0.333. The van der Waals surface area contributed by atoms with Gasteiger partial charge in [-0.2, -0.15) is 0 Å². The van der Waals surface area contributed by atoms with Crippen LogP contribution in [0, 0.1) is 6.92 Å². The summed E-state index contributed by atoms with van der Waals surface area (Å²) in [5, 5.41) is 9.76. The standard InChI is InChI=1S/C33H38N6O3/c1-21(2)39-16-14-26(15-17-39)42-29-13-6-9-24-20-35-33(38-31(24)29)36-25-10-5-8-23(18-25)19-30(40)37-28-12-7-11-27(22(28)3)32(41)34-4/h5-13,18,20-21,26H,14-17,19H2,1-4H3,(H,34,41)(H,37,40)(H,35,36,38). The second-order valence-electron chi connectivity index (χ2n) is 10.9. The topological polar surface area (TPSA) is 108 Å². The van der Waals surface area contributed by atoms with Gasteiger partial charge in [0.25, 0.3) is 5.91 Å². The average molecular weight is 567 g/mol. The number of aromatic nitrogens is 2. The number of fused-ring (bicyclic) bond motifs is 1. The lowest BCUT2D eigenvalue weighted by atomic mass is 10.1. The van der Waals surface area contributed by atoms with Gasteiger partial charge >= 0.3 is 0 Å².